The average molecular weight is 324 g/mol. The Balaban J connectivity index is 2.22. The lowest BCUT2D eigenvalue weighted by molar-refractivity contribution is -0.122. The van der Waals surface area contributed by atoms with Crippen molar-refractivity contribution in [1.82, 2.24) is 10.6 Å². The highest BCUT2D eigenvalue weighted by Crippen LogP contribution is 2.01. The fourth-order valence-corrected chi connectivity index (χ4v) is 2.02. The topological polar surface area (TPSA) is 84.5 Å². The van der Waals surface area contributed by atoms with Crippen molar-refractivity contribution in [2.24, 2.45) is 0 Å². The largest absolute Gasteiger partial charge is 0.445 e. The molecule has 0 bridgehead atoms. The normalized spacial score (nSPS) is 11.4. The second-order valence-corrected chi connectivity index (χ2v) is 5.83. The molecule has 120 valence electrons. The summed E-state index contributed by atoms with van der Waals surface area (Å²) in [6.45, 7) is 3.56. The summed E-state index contributed by atoms with van der Waals surface area (Å²) in [6.07, 6.45) is -0.649. The van der Waals surface area contributed by atoms with Gasteiger partial charge in [0.15, 0.2) is 5.12 Å². The molecule has 2 amide bonds. The summed E-state index contributed by atoms with van der Waals surface area (Å²) in [5, 5.41) is 5.09. The van der Waals surface area contributed by atoms with Crippen LogP contribution in [0.1, 0.15) is 19.4 Å². The fraction of sp³-hybridized carbons (Fsp3) is 0.400. The van der Waals surface area contributed by atoms with Crippen LogP contribution >= 0.6 is 11.8 Å². The third kappa shape index (κ3) is 7.68. The van der Waals surface area contributed by atoms with Crippen molar-refractivity contribution in [2.75, 3.05) is 12.3 Å². The number of amides is 2. The van der Waals surface area contributed by atoms with Gasteiger partial charge in [-0.1, -0.05) is 42.1 Å². The van der Waals surface area contributed by atoms with Crippen LogP contribution in [0.3, 0.4) is 0 Å². The number of benzene rings is 1. The molecule has 0 saturated heterocycles. The minimum atomic E-state index is -0.703. The van der Waals surface area contributed by atoms with Gasteiger partial charge in [-0.15, -0.1) is 0 Å². The summed E-state index contributed by atoms with van der Waals surface area (Å²) in [5.41, 5.74) is 0.871. The maximum absolute atomic E-state index is 11.7. The van der Waals surface area contributed by atoms with E-state index in [0.717, 1.165) is 17.3 Å². The number of thioether (sulfide) groups is 1. The Bertz CT molecular complexity index is 508. The number of carbonyl (C=O) groups excluding carboxylic acids is 3. The number of carbonyl (C=O) groups is 3. The maximum atomic E-state index is 11.7. The second kappa shape index (κ2) is 9.83. The number of nitrogens with one attached hydrogen (secondary N) is 2. The molecule has 0 aliphatic heterocycles. The van der Waals surface area contributed by atoms with E-state index in [1.807, 2.05) is 30.3 Å². The van der Waals surface area contributed by atoms with Gasteiger partial charge in [-0.2, -0.15) is 0 Å². The van der Waals surface area contributed by atoms with E-state index in [1.54, 1.807) is 6.92 Å². The first-order valence-electron chi connectivity index (χ1n) is 6.87. The van der Waals surface area contributed by atoms with Crippen molar-refractivity contribution < 1.29 is 19.1 Å². The van der Waals surface area contributed by atoms with Gasteiger partial charge in [-0.25, -0.2) is 4.79 Å². The zero-order valence-corrected chi connectivity index (χ0v) is 13.4. The number of ether oxygens (including phenoxy) is 1. The Labute approximate surface area is 134 Å². The molecule has 22 heavy (non-hydrogen) atoms. The molecule has 0 aliphatic rings. The minimum Gasteiger partial charge on any atom is -0.445 e. The van der Waals surface area contributed by atoms with Crippen molar-refractivity contribution in [2.45, 2.75) is 26.5 Å². The van der Waals surface area contributed by atoms with Gasteiger partial charge >= 0.3 is 6.09 Å². The Hall–Kier alpha value is -2.02. The summed E-state index contributed by atoms with van der Waals surface area (Å²) in [7, 11) is 0. The van der Waals surface area contributed by atoms with Crippen molar-refractivity contribution in [3.05, 3.63) is 35.9 Å². The van der Waals surface area contributed by atoms with Crippen LogP contribution < -0.4 is 10.6 Å². The summed E-state index contributed by atoms with van der Waals surface area (Å²) in [6, 6.07) is 8.56. The molecule has 0 unspecified atom stereocenters. The first kappa shape index (κ1) is 18.0. The smallest absolute Gasteiger partial charge is 0.408 e. The first-order valence-corrected chi connectivity index (χ1v) is 7.86. The molecule has 1 atom stereocenters. The van der Waals surface area contributed by atoms with E-state index in [1.165, 1.54) is 6.92 Å². The highest BCUT2D eigenvalue weighted by Gasteiger charge is 2.15. The van der Waals surface area contributed by atoms with E-state index in [9.17, 15) is 14.4 Å². The Kier molecular flexibility index (Phi) is 8.06. The highest BCUT2D eigenvalue weighted by atomic mass is 32.2. The molecule has 0 saturated carbocycles. The first-order chi connectivity index (χ1) is 10.5. The molecule has 0 spiro atoms. The minimum absolute atomic E-state index is 0.00455. The number of alkyl carbamates (subject to hydrolysis) is 1. The third-order valence-electron chi connectivity index (χ3n) is 2.65. The van der Waals surface area contributed by atoms with Crippen LogP contribution in [0.4, 0.5) is 4.79 Å². The molecular weight excluding hydrogens is 304 g/mol. The zero-order chi connectivity index (χ0) is 16.4. The summed E-state index contributed by atoms with van der Waals surface area (Å²) in [4.78, 5) is 34.0. The summed E-state index contributed by atoms with van der Waals surface area (Å²) < 4.78 is 5.03. The molecule has 1 aromatic carbocycles. The lowest BCUT2D eigenvalue weighted by Gasteiger charge is -2.14. The van der Waals surface area contributed by atoms with Crippen molar-refractivity contribution in [3.8, 4) is 0 Å². The van der Waals surface area contributed by atoms with E-state index in [-0.39, 0.29) is 17.6 Å². The molecule has 7 heteroatoms. The third-order valence-corrected chi connectivity index (χ3v) is 3.46. The monoisotopic (exact) mass is 324 g/mol. The Morgan fingerprint density at radius 2 is 1.91 bits per heavy atom. The standard InChI is InChI=1S/C15H20N2O4S/c1-11(14(19)16-8-9-22-12(2)18)17-15(20)21-10-13-6-4-3-5-7-13/h3-7,11H,8-10H2,1-2H3,(H,16,19)(H,17,20)/t11-/m0/s1. The Morgan fingerprint density at radius 1 is 1.23 bits per heavy atom. The SMILES string of the molecule is CC(=O)SCCNC(=O)[C@H](C)NC(=O)OCc1ccccc1. The summed E-state index contributed by atoms with van der Waals surface area (Å²) in [5.74, 6) is 0.188. The predicted molar refractivity (Wildman–Crippen MR) is 85.4 cm³/mol. The van der Waals surface area contributed by atoms with Gasteiger partial charge in [0.05, 0.1) is 0 Å². The zero-order valence-electron chi connectivity index (χ0n) is 12.6. The molecular formula is C15H20N2O4S. The average Bonchev–Trinajstić information content (AvgIpc) is 2.50. The number of hydrogen-bond acceptors (Lipinski definition) is 5. The van der Waals surface area contributed by atoms with Crippen molar-refractivity contribution in [1.29, 1.82) is 0 Å². The van der Waals surface area contributed by atoms with E-state index in [2.05, 4.69) is 10.6 Å². The molecule has 1 aromatic rings. The van der Waals surface area contributed by atoms with Crippen LogP contribution in [0.5, 0.6) is 0 Å². The van der Waals surface area contributed by atoms with Crippen LogP contribution in [-0.4, -0.2) is 35.5 Å². The van der Waals surface area contributed by atoms with Crippen LogP contribution in [0.25, 0.3) is 0 Å². The van der Waals surface area contributed by atoms with Gasteiger partial charge in [-0.05, 0) is 12.5 Å². The molecule has 0 fully saturated rings. The van der Waals surface area contributed by atoms with Crippen LogP contribution in [0.2, 0.25) is 0 Å². The lowest BCUT2D eigenvalue weighted by Crippen LogP contribution is -2.45. The lowest BCUT2D eigenvalue weighted by atomic mass is 10.2. The van der Waals surface area contributed by atoms with Crippen molar-refractivity contribution >= 4 is 28.9 Å². The molecule has 0 aromatic heterocycles. The van der Waals surface area contributed by atoms with E-state index >= 15 is 0 Å². The van der Waals surface area contributed by atoms with E-state index in [0.29, 0.717) is 12.3 Å². The molecule has 0 radical (unpaired) electrons. The van der Waals surface area contributed by atoms with Gasteiger partial charge in [0.25, 0.3) is 0 Å². The number of rotatable bonds is 7. The molecule has 0 aliphatic carbocycles. The van der Waals surface area contributed by atoms with Gasteiger partial charge in [0.1, 0.15) is 12.6 Å². The maximum Gasteiger partial charge on any atom is 0.408 e. The Morgan fingerprint density at radius 3 is 2.55 bits per heavy atom. The molecule has 6 nitrogen and oxygen atoms in total. The number of hydrogen-bond donors (Lipinski definition) is 2. The van der Waals surface area contributed by atoms with Gasteiger partial charge in [0, 0.05) is 19.2 Å². The molecule has 0 heterocycles. The van der Waals surface area contributed by atoms with Crippen LogP contribution in [0, 0.1) is 0 Å². The predicted octanol–water partition coefficient (Wildman–Crippen LogP) is 1.70. The quantitative estimate of drug-likeness (QED) is 0.746. The van der Waals surface area contributed by atoms with Gasteiger partial charge in [-0.3, -0.25) is 9.59 Å². The highest BCUT2D eigenvalue weighted by molar-refractivity contribution is 8.13. The van der Waals surface area contributed by atoms with Crippen LogP contribution in [0.15, 0.2) is 30.3 Å². The summed E-state index contributed by atoms with van der Waals surface area (Å²) >= 11 is 1.14. The fourth-order valence-electron chi connectivity index (χ4n) is 1.53. The van der Waals surface area contributed by atoms with E-state index < -0.39 is 12.1 Å². The van der Waals surface area contributed by atoms with Crippen LogP contribution in [-0.2, 0) is 20.9 Å². The molecule has 2 N–H and O–H groups in total. The van der Waals surface area contributed by atoms with E-state index in [4.69, 9.17) is 4.74 Å². The van der Waals surface area contributed by atoms with Crippen molar-refractivity contribution in [3.63, 3.8) is 0 Å². The van der Waals surface area contributed by atoms with Gasteiger partial charge in [0.2, 0.25) is 5.91 Å². The second-order valence-electron chi connectivity index (χ2n) is 4.56. The molecule has 1 rings (SSSR count). The van der Waals surface area contributed by atoms with Gasteiger partial charge < -0.3 is 15.4 Å².